The number of guanidine groups is 1. The lowest BCUT2D eigenvalue weighted by Gasteiger charge is -2.11. The van der Waals surface area contributed by atoms with Crippen molar-refractivity contribution in [2.45, 2.75) is 33.4 Å². The average molecular weight is 511 g/mol. The van der Waals surface area contributed by atoms with E-state index in [4.69, 9.17) is 4.98 Å². The standard InChI is InChI=1S/C19H25N7S.HI/c1-3-17-25-23-14-26(17)11-10-21-19(20-4-2)22-12-18-24-16(13-27-18)15-8-6-5-7-9-15;/h5-9,13-14H,3-4,10-12H2,1-2H3,(H2,20,21,22);1H. The van der Waals surface area contributed by atoms with E-state index in [0.29, 0.717) is 6.54 Å². The summed E-state index contributed by atoms with van der Waals surface area (Å²) in [7, 11) is 0. The van der Waals surface area contributed by atoms with Gasteiger partial charge in [0.15, 0.2) is 5.96 Å². The molecule has 0 spiro atoms. The number of aryl methyl sites for hydroxylation is 1. The molecule has 0 fully saturated rings. The summed E-state index contributed by atoms with van der Waals surface area (Å²) in [6.07, 6.45) is 2.65. The monoisotopic (exact) mass is 511 g/mol. The number of rotatable bonds is 8. The second-order valence-corrected chi connectivity index (χ2v) is 6.85. The first-order valence-corrected chi connectivity index (χ1v) is 10.1. The van der Waals surface area contributed by atoms with Gasteiger partial charge in [-0.05, 0) is 6.92 Å². The molecule has 1 aromatic carbocycles. The van der Waals surface area contributed by atoms with Crippen LogP contribution >= 0.6 is 35.3 Å². The van der Waals surface area contributed by atoms with Crippen LogP contribution in [0.2, 0.25) is 0 Å². The molecule has 28 heavy (non-hydrogen) atoms. The van der Waals surface area contributed by atoms with Gasteiger partial charge < -0.3 is 15.2 Å². The molecule has 0 radical (unpaired) electrons. The zero-order chi connectivity index (χ0) is 18.9. The maximum atomic E-state index is 4.69. The maximum absolute atomic E-state index is 4.69. The first kappa shape index (κ1) is 22.3. The highest BCUT2D eigenvalue weighted by molar-refractivity contribution is 14.0. The first-order chi connectivity index (χ1) is 13.3. The molecule has 0 amide bonds. The van der Waals surface area contributed by atoms with Crippen molar-refractivity contribution in [1.82, 2.24) is 30.4 Å². The summed E-state index contributed by atoms with van der Waals surface area (Å²) in [4.78, 5) is 9.35. The van der Waals surface area contributed by atoms with E-state index in [9.17, 15) is 0 Å². The fourth-order valence-corrected chi connectivity index (χ4v) is 3.37. The average Bonchev–Trinajstić information content (AvgIpc) is 3.36. The van der Waals surface area contributed by atoms with E-state index in [-0.39, 0.29) is 24.0 Å². The number of aliphatic imine (C=N–C) groups is 1. The van der Waals surface area contributed by atoms with Crippen molar-refractivity contribution in [3.8, 4) is 11.3 Å². The molecule has 0 unspecified atom stereocenters. The van der Waals surface area contributed by atoms with Crippen molar-refractivity contribution in [2.75, 3.05) is 13.1 Å². The van der Waals surface area contributed by atoms with Crippen LogP contribution in [0.4, 0.5) is 0 Å². The molecule has 0 saturated carbocycles. The predicted molar refractivity (Wildman–Crippen MR) is 125 cm³/mol. The normalized spacial score (nSPS) is 11.1. The third-order valence-electron chi connectivity index (χ3n) is 4.00. The van der Waals surface area contributed by atoms with Crippen molar-refractivity contribution in [3.63, 3.8) is 0 Å². The van der Waals surface area contributed by atoms with E-state index in [2.05, 4.69) is 61.8 Å². The van der Waals surface area contributed by atoms with Crippen molar-refractivity contribution in [3.05, 3.63) is 52.9 Å². The van der Waals surface area contributed by atoms with Crippen molar-refractivity contribution < 1.29 is 0 Å². The largest absolute Gasteiger partial charge is 0.357 e. The number of nitrogens with zero attached hydrogens (tertiary/aromatic N) is 5. The molecule has 0 atom stereocenters. The van der Waals surface area contributed by atoms with Crippen LogP contribution in [-0.4, -0.2) is 38.8 Å². The van der Waals surface area contributed by atoms with Gasteiger partial charge in [0.25, 0.3) is 0 Å². The molecule has 3 aromatic rings. The zero-order valence-corrected chi connectivity index (χ0v) is 19.3. The molecule has 9 heteroatoms. The van der Waals surface area contributed by atoms with Crippen LogP contribution < -0.4 is 10.6 Å². The highest BCUT2D eigenvalue weighted by Crippen LogP contribution is 2.21. The van der Waals surface area contributed by atoms with Gasteiger partial charge in [-0.1, -0.05) is 37.3 Å². The van der Waals surface area contributed by atoms with Gasteiger partial charge in [-0.15, -0.1) is 45.5 Å². The van der Waals surface area contributed by atoms with E-state index in [0.717, 1.165) is 54.1 Å². The fraction of sp³-hybridized carbons (Fsp3) is 0.368. The second-order valence-electron chi connectivity index (χ2n) is 5.91. The third kappa shape index (κ3) is 6.26. The minimum atomic E-state index is 0. The highest BCUT2D eigenvalue weighted by Gasteiger charge is 2.05. The van der Waals surface area contributed by atoms with Gasteiger partial charge in [-0.25, -0.2) is 9.98 Å². The van der Waals surface area contributed by atoms with Crippen molar-refractivity contribution >= 4 is 41.3 Å². The highest BCUT2D eigenvalue weighted by atomic mass is 127. The van der Waals surface area contributed by atoms with E-state index in [1.165, 1.54) is 0 Å². The molecule has 2 aromatic heterocycles. The second kappa shape index (κ2) is 11.7. The van der Waals surface area contributed by atoms with Gasteiger partial charge in [-0.3, -0.25) is 0 Å². The maximum Gasteiger partial charge on any atom is 0.191 e. The molecule has 7 nitrogen and oxygen atoms in total. The van der Waals surface area contributed by atoms with Gasteiger partial charge in [0.05, 0.1) is 12.2 Å². The van der Waals surface area contributed by atoms with Crippen molar-refractivity contribution in [1.29, 1.82) is 0 Å². The van der Waals surface area contributed by atoms with Crippen LogP contribution in [0.1, 0.15) is 24.7 Å². The molecule has 0 bridgehead atoms. The van der Waals surface area contributed by atoms with Crippen LogP contribution in [0.15, 0.2) is 47.0 Å². The quantitative estimate of drug-likeness (QED) is 0.276. The first-order valence-electron chi connectivity index (χ1n) is 9.18. The van der Waals surface area contributed by atoms with Gasteiger partial charge in [-0.2, -0.15) is 0 Å². The summed E-state index contributed by atoms with van der Waals surface area (Å²) >= 11 is 1.64. The van der Waals surface area contributed by atoms with Crippen molar-refractivity contribution in [2.24, 2.45) is 4.99 Å². The van der Waals surface area contributed by atoms with Gasteiger partial charge in [0.1, 0.15) is 17.2 Å². The number of aromatic nitrogens is 4. The van der Waals surface area contributed by atoms with Crippen LogP contribution in [0.5, 0.6) is 0 Å². The Bertz CT molecular complexity index is 860. The fourth-order valence-electron chi connectivity index (χ4n) is 2.65. The van der Waals surface area contributed by atoms with Crippen LogP contribution in [0, 0.1) is 0 Å². The molecule has 3 rings (SSSR count). The molecule has 0 aliphatic rings. The van der Waals surface area contributed by atoms with E-state index in [1.54, 1.807) is 17.7 Å². The molecular weight excluding hydrogens is 485 g/mol. The summed E-state index contributed by atoms with van der Waals surface area (Å²) in [5.74, 6) is 1.79. The van der Waals surface area contributed by atoms with Gasteiger partial charge in [0, 0.05) is 37.0 Å². The molecule has 0 saturated heterocycles. The lowest BCUT2D eigenvalue weighted by atomic mass is 10.2. The number of nitrogens with one attached hydrogen (secondary N) is 2. The molecule has 0 aliphatic carbocycles. The molecule has 150 valence electrons. The Balaban J connectivity index is 0.00000280. The Hall–Kier alpha value is -2.01. The number of hydrogen-bond donors (Lipinski definition) is 2. The minimum Gasteiger partial charge on any atom is -0.357 e. The van der Waals surface area contributed by atoms with E-state index >= 15 is 0 Å². The van der Waals surface area contributed by atoms with Crippen LogP contribution in [0.3, 0.4) is 0 Å². The van der Waals surface area contributed by atoms with E-state index in [1.807, 2.05) is 18.2 Å². The zero-order valence-electron chi connectivity index (χ0n) is 16.1. The minimum absolute atomic E-state index is 0. The summed E-state index contributed by atoms with van der Waals surface area (Å²) in [6, 6.07) is 10.2. The SMILES string of the molecule is CCNC(=NCc1nc(-c2ccccc2)cs1)NCCn1cnnc1CC.I. The Kier molecular flexibility index (Phi) is 9.35. The van der Waals surface area contributed by atoms with Crippen LogP contribution in [0.25, 0.3) is 11.3 Å². The number of hydrogen-bond acceptors (Lipinski definition) is 5. The molecule has 2 N–H and O–H groups in total. The predicted octanol–water partition coefficient (Wildman–Crippen LogP) is 3.34. The summed E-state index contributed by atoms with van der Waals surface area (Å²) < 4.78 is 2.06. The Morgan fingerprint density at radius 1 is 1.18 bits per heavy atom. The third-order valence-corrected chi connectivity index (χ3v) is 4.83. The van der Waals surface area contributed by atoms with Gasteiger partial charge in [0.2, 0.25) is 0 Å². The lowest BCUT2D eigenvalue weighted by molar-refractivity contribution is 0.632. The molecule has 2 heterocycles. The van der Waals surface area contributed by atoms with Gasteiger partial charge >= 0.3 is 0 Å². The molecule has 0 aliphatic heterocycles. The number of benzene rings is 1. The smallest absolute Gasteiger partial charge is 0.191 e. The Morgan fingerprint density at radius 3 is 2.75 bits per heavy atom. The van der Waals surface area contributed by atoms with E-state index < -0.39 is 0 Å². The number of thiazole rings is 1. The Labute approximate surface area is 186 Å². The lowest BCUT2D eigenvalue weighted by Crippen LogP contribution is -2.38. The molecular formula is C19H26IN7S. The summed E-state index contributed by atoms with van der Waals surface area (Å²) in [6.45, 7) is 7.06. The summed E-state index contributed by atoms with van der Waals surface area (Å²) in [5, 5.41) is 17.8. The van der Waals surface area contributed by atoms with Crippen LogP contribution in [-0.2, 0) is 19.5 Å². The number of halogens is 1. The Morgan fingerprint density at radius 2 is 2.00 bits per heavy atom. The topological polar surface area (TPSA) is 80.0 Å². The summed E-state index contributed by atoms with van der Waals surface area (Å²) in [5.41, 5.74) is 2.14.